The van der Waals surface area contributed by atoms with Gasteiger partial charge in [0.25, 0.3) is 11.6 Å². The molecule has 0 heterocycles. The highest BCUT2D eigenvalue weighted by molar-refractivity contribution is 5.92. The molecule has 0 aliphatic rings. The summed E-state index contributed by atoms with van der Waals surface area (Å²) in [6.07, 6.45) is 0. The van der Waals surface area contributed by atoms with Crippen LogP contribution in [0, 0.1) is 17.0 Å². The van der Waals surface area contributed by atoms with Crippen LogP contribution in [0.1, 0.15) is 11.1 Å². The van der Waals surface area contributed by atoms with E-state index in [0.29, 0.717) is 29.4 Å². The van der Waals surface area contributed by atoms with Crippen molar-refractivity contribution in [2.75, 3.05) is 24.4 Å². The van der Waals surface area contributed by atoms with Crippen LogP contribution in [0.3, 0.4) is 0 Å². The van der Waals surface area contributed by atoms with Gasteiger partial charge in [-0.05, 0) is 48.4 Å². The van der Waals surface area contributed by atoms with E-state index in [1.807, 2.05) is 37.3 Å². The first-order chi connectivity index (χ1) is 14.9. The zero-order valence-corrected chi connectivity index (χ0v) is 17.3. The van der Waals surface area contributed by atoms with Crippen molar-refractivity contribution in [3.05, 3.63) is 88.0 Å². The lowest BCUT2D eigenvalue weighted by molar-refractivity contribution is -0.384. The van der Waals surface area contributed by atoms with E-state index >= 15 is 0 Å². The Balaban J connectivity index is 1.58. The molecule has 0 bridgehead atoms. The van der Waals surface area contributed by atoms with Gasteiger partial charge in [-0.2, -0.15) is 0 Å². The molecule has 0 aliphatic carbocycles. The predicted octanol–water partition coefficient (Wildman–Crippen LogP) is 4.54. The Bertz CT molecular complexity index is 1080. The van der Waals surface area contributed by atoms with E-state index in [4.69, 9.17) is 9.47 Å². The molecule has 31 heavy (non-hydrogen) atoms. The first-order valence-electron chi connectivity index (χ1n) is 9.59. The lowest BCUT2D eigenvalue weighted by Crippen LogP contribution is -2.20. The second-order valence-electron chi connectivity index (χ2n) is 6.85. The molecular formula is C23H23N3O5. The minimum Gasteiger partial charge on any atom is -0.493 e. The molecule has 3 aromatic rings. The van der Waals surface area contributed by atoms with Crippen molar-refractivity contribution in [2.45, 2.75) is 13.5 Å². The molecule has 0 atom stereocenters. The van der Waals surface area contributed by atoms with Gasteiger partial charge in [-0.15, -0.1) is 0 Å². The summed E-state index contributed by atoms with van der Waals surface area (Å²) >= 11 is 0. The number of ether oxygens (including phenoxy) is 2. The number of methoxy groups -OCH3 is 1. The number of nitro benzene ring substituents is 1. The van der Waals surface area contributed by atoms with Gasteiger partial charge in [0, 0.05) is 30.1 Å². The number of non-ortho nitro benzene ring substituents is 1. The zero-order valence-electron chi connectivity index (χ0n) is 17.3. The van der Waals surface area contributed by atoms with Gasteiger partial charge in [0.1, 0.15) is 0 Å². The van der Waals surface area contributed by atoms with Crippen molar-refractivity contribution in [1.82, 2.24) is 0 Å². The molecule has 0 spiro atoms. The Labute approximate surface area is 180 Å². The van der Waals surface area contributed by atoms with Gasteiger partial charge < -0.3 is 20.1 Å². The van der Waals surface area contributed by atoms with E-state index in [-0.39, 0.29) is 18.2 Å². The Morgan fingerprint density at radius 1 is 1.00 bits per heavy atom. The largest absolute Gasteiger partial charge is 0.493 e. The topological polar surface area (TPSA) is 103 Å². The summed E-state index contributed by atoms with van der Waals surface area (Å²) < 4.78 is 11.0. The number of nitrogens with one attached hydrogen (secondary N) is 2. The predicted molar refractivity (Wildman–Crippen MR) is 119 cm³/mol. The van der Waals surface area contributed by atoms with Gasteiger partial charge in [0.05, 0.1) is 12.0 Å². The number of rotatable bonds is 9. The summed E-state index contributed by atoms with van der Waals surface area (Å²) in [7, 11) is 1.52. The number of hydrogen-bond acceptors (Lipinski definition) is 6. The van der Waals surface area contributed by atoms with Crippen molar-refractivity contribution in [1.29, 1.82) is 0 Å². The van der Waals surface area contributed by atoms with Crippen LogP contribution in [-0.2, 0) is 11.3 Å². The van der Waals surface area contributed by atoms with Crippen LogP contribution in [0.15, 0.2) is 66.7 Å². The summed E-state index contributed by atoms with van der Waals surface area (Å²) in [5.41, 5.74) is 3.31. The maximum atomic E-state index is 12.2. The van der Waals surface area contributed by atoms with Gasteiger partial charge in [-0.1, -0.05) is 24.3 Å². The molecule has 3 rings (SSSR count). The second kappa shape index (κ2) is 10.1. The van der Waals surface area contributed by atoms with Crippen molar-refractivity contribution in [3.8, 4) is 11.5 Å². The molecule has 3 aromatic carbocycles. The fourth-order valence-corrected chi connectivity index (χ4v) is 2.94. The fourth-order valence-electron chi connectivity index (χ4n) is 2.94. The van der Waals surface area contributed by atoms with E-state index in [1.54, 1.807) is 24.3 Å². The Morgan fingerprint density at radius 3 is 2.52 bits per heavy atom. The molecule has 2 N–H and O–H groups in total. The molecule has 8 nitrogen and oxygen atoms in total. The number of benzene rings is 3. The number of anilines is 2. The minimum absolute atomic E-state index is 0.0234. The Morgan fingerprint density at radius 2 is 1.77 bits per heavy atom. The molecule has 0 fully saturated rings. The van der Waals surface area contributed by atoms with Crippen LogP contribution in [0.2, 0.25) is 0 Å². The van der Waals surface area contributed by atoms with Crippen LogP contribution in [0.4, 0.5) is 17.1 Å². The highest BCUT2D eigenvalue weighted by atomic mass is 16.6. The number of hydrogen-bond donors (Lipinski definition) is 2. The Kier molecular flexibility index (Phi) is 7.05. The molecule has 1 amide bonds. The first-order valence-corrected chi connectivity index (χ1v) is 9.59. The number of aryl methyl sites for hydroxylation is 1. The summed E-state index contributed by atoms with van der Waals surface area (Å²) in [6, 6.07) is 19.2. The van der Waals surface area contributed by atoms with Gasteiger partial charge in [0.15, 0.2) is 18.1 Å². The SMILES string of the molecule is COc1cc(CNc2cccc([N+](=O)[O-])c2)ccc1OCC(=O)Nc1cccc(C)c1. The maximum absolute atomic E-state index is 12.2. The van der Waals surface area contributed by atoms with Crippen molar-refractivity contribution >= 4 is 23.0 Å². The molecule has 0 saturated heterocycles. The van der Waals surface area contributed by atoms with Gasteiger partial charge in [-0.25, -0.2) is 0 Å². The number of carbonyl (C=O) groups excluding carboxylic acids is 1. The zero-order chi connectivity index (χ0) is 22.2. The molecule has 8 heteroatoms. The molecular weight excluding hydrogens is 398 g/mol. The standard InChI is InChI=1S/C23H23N3O5/c1-16-5-3-7-19(11-16)25-23(27)15-31-21-10-9-17(12-22(21)30-2)14-24-18-6-4-8-20(13-18)26(28)29/h3-13,24H,14-15H2,1-2H3,(H,25,27). The Hall–Kier alpha value is -4.07. The average molecular weight is 421 g/mol. The summed E-state index contributed by atoms with van der Waals surface area (Å²) in [6.45, 7) is 2.23. The minimum atomic E-state index is -0.435. The van der Waals surface area contributed by atoms with E-state index in [9.17, 15) is 14.9 Å². The monoisotopic (exact) mass is 421 g/mol. The highest BCUT2D eigenvalue weighted by Crippen LogP contribution is 2.28. The fraction of sp³-hybridized carbons (Fsp3) is 0.174. The van der Waals surface area contributed by atoms with Crippen molar-refractivity contribution in [2.24, 2.45) is 0 Å². The van der Waals surface area contributed by atoms with Gasteiger partial charge in [-0.3, -0.25) is 14.9 Å². The van der Waals surface area contributed by atoms with Crippen molar-refractivity contribution in [3.63, 3.8) is 0 Å². The van der Waals surface area contributed by atoms with Crippen molar-refractivity contribution < 1.29 is 19.2 Å². The normalized spacial score (nSPS) is 10.3. The van der Waals surface area contributed by atoms with Gasteiger partial charge in [0.2, 0.25) is 0 Å². The van der Waals surface area contributed by atoms with Crippen LogP contribution < -0.4 is 20.1 Å². The summed E-state index contributed by atoms with van der Waals surface area (Å²) in [5.74, 6) is 0.659. The van der Waals surface area contributed by atoms with E-state index in [0.717, 1.165) is 11.1 Å². The number of carbonyl (C=O) groups is 1. The third-order valence-electron chi connectivity index (χ3n) is 4.44. The molecule has 0 radical (unpaired) electrons. The lowest BCUT2D eigenvalue weighted by atomic mass is 10.2. The van der Waals surface area contributed by atoms with Crippen LogP contribution in [-0.4, -0.2) is 24.5 Å². The lowest BCUT2D eigenvalue weighted by Gasteiger charge is -2.13. The number of nitrogens with zero attached hydrogens (tertiary/aromatic N) is 1. The van der Waals surface area contributed by atoms with E-state index in [2.05, 4.69) is 10.6 Å². The second-order valence-corrected chi connectivity index (χ2v) is 6.85. The van der Waals surface area contributed by atoms with Gasteiger partial charge >= 0.3 is 0 Å². The average Bonchev–Trinajstić information content (AvgIpc) is 2.76. The molecule has 0 aromatic heterocycles. The summed E-state index contributed by atoms with van der Waals surface area (Å²) in [4.78, 5) is 22.6. The molecule has 0 aliphatic heterocycles. The smallest absolute Gasteiger partial charge is 0.271 e. The van der Waals surface area contributed by atoms with Crippen LogP contribution in [0.25, 0.3) is 0 Å². The maximum Gasteiger partial charge on any atom is 0.271 e. The third-order valence-corrected chi connectivity index (χ3v) is 4.44. The number of amides is 1. The molecule has 160 valence electrons. The highest BCUT2D eigenvalue weighted by Gasteiger charge is 2.10. The third kappa shape index (κ3) is 6.20. The van der Waals surface area contributed by atoms with E-state index < -0.39 is 4.92 Å². The molecule has 0 saturated carbocycles. The van der Waals surface area contributed by atoms with Crippen LogP contribution in [0.5, 0.6) is 11.5 Å². The number of nitro groups is 1. The summed E-state index contributed by atoms with van der Waals surface area (Å²) in [5, 5.41) is 16.8. The quantitative estimate of drug-likeness (QED) is 0.388. The first kappa shape index (κ1) is 21.6. The molecule has 0 unspecified atom stereocenters. The van der Waals surface area contributed by atoms with Crippen LogP contribution >= 0.6 is 0 Å². The van der Waals surface area contributed by atoms with E-state index in [1.165, 1.54) is 19.2 Å².